The van der Waals surface area contributed by atoms with Crippen molar-refractivity contribution in [3.05, 3.63) is 101 Å². The van der Waals surface area contributed by atoms with Crippen LogP contribution in [0.4, 0.5) is 18.9 Å². The van der Waals surface area contributed by atoms with E-state index in [9.17, 15) is 18.0 Å². The summed E-state index contributed by atoms with van der Waals surface area (Å²) in [5, 5.41) is 5.77. The number of aryl methyl sites for hydroxylation is 2. The fourth-order valence-electron chi connectivity index (χ4n) is 3.86. The molecule has 0 radical (unpaired) electrons. The van der Waals surface area contributed by atoms with Crippen molar-refractivity contribution >= 4 is 11.6 Å². The Balaban J connectivity index is 1.53. The number of allylic oxidation sites excluding steroid dienone is 3. The number of imidazole rings is 1. The molecular formula is C29H29F3N6O. The van der Waals surface area contributed by atoms with E-state index in [4.69, 9.17) is 11.5 Å². The van der Waals surface area contributed by atoms with Gasteiger partial charge in [0.2, 0.25) is 0 Å². The SMILES string of the molecule is Cc1cn(-c2cc(NC(=O)c3ccc(C)c(C#C/C(N)=C/C=C(\N)NC4CCC4)c3)cc(C(F)(F)F)c2)cn1. The van der Waals surface area contributed by atoms with Crippen molar-refractivity contribution in [3.63, 3.8) is 0 Å². The van der Waals surface area contributed by atoms with E-state index in [-0.39, 0.29) is 22.6 Å². The molecule has 6 N–H and O–H groups in total. The Morgan fingerprint density at radius 1 is 1.13 bits per heavy atom. The Morgan fingerprint density at radius 2 is 1.90 bits per heavy atom. The van der Waals surface area contributed by atoms with Crippen molar-refractivity contribution in [1.82, 2.24) is 14.9 Å². The molecule has 1 saturated carbocycles. The van der Waals surface area contributed by atoms with Crippen LogP contribution in [0, 0.1) is 25.7 Å². The summed E-state index contributed by atoms with van der Waals surface area (Å²) in [6, 6.07) is 8.61. The van der Waals surface area contributed by atoms with Crippen LogP contribution in [-0.2, 0) is 6.18 Å². The van der Waals surface area contributed by atoms with E-state index in [2.05, 4.69) is 27.5 Å². The molecule has 0 aliphatic heterocycles. The van der Waals surface area contributed by atoms with Gasteiger partial charge in [-0.15, -0.1) is 0 Å². The first-order valence-electron chi connectivity index (χ1n) is 12.3. The highest BCUT2D eigenvalue weighted by molar-refractivity contribution is 6.04. The lowest BCUT2D eigenvalue weighted by atomic mass is 9.93. The molecular weight excluding hydrogens is 505 g/mol. The zero-order chi connectivity index (χ0) is 28.2. The van der Waals surface area contributed by atoms with Crippen LogP contribution in [0.25, 0.3) is 5.69 Å². The molecule has 202 valence electrons. The summed E-state index contributed by atoms with van der Waals surface area (Å²) in [4.78, 5) is 17.1. The van der Waals surface area contributed by atoms with Crippen LogP contribution >= 0.6 is 0 Å². The molecule has 0 spiro atoms. The van der Waals surface area contributed by atoms with Crippen LogP contribution in [0.2, 0.25) is 0 Å². The van der Waals surface area contributed by atoms with Gasteiger partial charge in [0.25, 0.3) is 5.91 Å². The van der Waals surface area contributed by atoms with Gasteiger partial charge in [-0.2, -0.15) is 13.2 Å². The summed E-state index contributed by atoms with van der Waals surface area (Å²) in [5.41, 5.74) is 13.8. The maximum atomic E-state index is 13.6. The summed E-state index contributed by atoms with van der Waals surface area (Å²) < 4.78 is 42.2. The van der Waals surface area contributed by atoms with Gasteiger partial charge in [-0.05, 0) is 87.1 Å². The molecule has 0 atom stereocenters. The summed E-state index contributed by atoms with van der Waals surface area (Å²) >= 11 is 0. The van der Waals surface area contributed by atoms with Gasteiger partial charge in [-0.3, -0.25) is 4.79 Å². The third-order valence-corrected chi connectivity index (χ3v) is 6.27. The lowest BCUT2D eigenvalue weighted by Crippen LogP contribution is -2.37. The number of anilines is 1. The number of carbonyl (C=O) groups is 1. The summed E-state index contributed by atoms with van der Waals surface area (Å²) in [6.45, 7) is 3.56. The molecule has 0 unspecified atom stereocenters. The monoisotopic (exact) mass is 534 g/mol. The quantitative estimate of drug-likeness (QED) is 0.266. The molecule has 1 heterocycles. The van der Waals surface area contributed by atoms with Crippen molar-refractivity contribution in [1.29, 1.82) is 0 Å². The first-order chi connectivity index (χ1) is 18.5. The number of alkyl halides is 3. The summed E-state index contributed by atoms with van der Waals surface area (Å²) in [6.07, 6.45) is 5.05. The fraction of sp³-hybridized carbons (Fsp3) is 0.241. The Hall–Kier alpha value is -4.65. The third-order valence-electron chi connectivity index (χ3n) is 6.27. The van der Waals surface area contributed by atoms with Crippen molar-refractivity contribution in [2.75, 3.05) is 5.32 Å². The average Bonchev–Trinajstić information content (AvgIpc) is 3.30. The number of rotatable bonds is 6. The number of nitrogens with one attached hydrogen (secondary N) is 2. The lowest BCUT2D eigenvalue weighted by molar-refractivity contribution is -0.137. The molecule has 4 rings (SSSR count). The van der Waals surface area contributed by atoms with Crippen LogP contribution in [-0.4, -0.2) is 21.5 Å². The highest BCUT2D eigenvalue weighted by Crippen LogP contribution is 2.33. The first-order valence-corrected chi connectivity index (χ1v) is 12.3. The number of benzene rings is 2. The molecule has 1 amide bonds. The average molecular weight is 535 g/mol. The van der Waals surface area contributed by atoms with E-state index >= 15 is 0 Å². The number of hydrogen-bond donors (Lipinski definition) is 4. The topological polar surface area (TPSA) is 111 Å². The number of amides is 1. The van der Waals surface area contributed by atoms with Crippen molar-refractivity contribution < 1.29 is 18.0 Å². The van der Waals surface area contributed by atoms with Crippen LogP contribution in [0.5, 0.6) is 0 Å². The van der Waals surface area contributed by atoms with Crippen molar-refractivity contribution in [2.24, 2.45) is 11.5 Å². The standard InChI is InChI=1S/C29H29F3N6O/c1-18-6-7-21(12-20(18)8-9-23(33)10-11-27(34)36-24-4-3-5-24)28(39)37-25-13-22(29(30,31)32)14-26(15-25)38-16-19(2)35-17-38/h6-7,10-17,24,36H,3-5,33-34H2,1-2H3,(H,37,39)/b23-10-,27-11+. The second-order valence-electron chi connectivity index (χ2n) is 9.44. The summed E-state index contributed by atoms with van der Waals surface area (Å²) in [7, 11) is 0. The van der Waals surface area contributed by atoms with Gasteiger partial charge in [0.05, 0.1) is 29.1 Å². The number of halogens is 3. The largest absolute Gasteiger partial charge is 0.416 e. The third kappa shape index (κ3) is 7.23. The van der Waals surface area contributed by atoms with E-state index in [1.54, 1.807) is 43.5 Å². The molecule has 39 heavy (non-hydrogen) atoms. The van der Waals surface area contributed by atoms with Gasteiger partial charge in [-0.1, -0.05) is 12.0 Å². The van der Waals surface area contributed by atoms with Gasteiger partial charge in [0.15, 0.2) is 0 Å². The molecule has 2 aromatic carbocycles. The molecule has 10 heteroatoms. The molecule has 7 nitrogen and oxygen atoms in total. The summed E-state index contributed by atoms with van der Waals surface area (Å²) in [5.74, 6) is 5.72. The smallest absolute Gasteiger partial charge is 0.392 e. The van der Waals surface area contributed by atoms with E-state index in [0.29, 0.717) is 23.1 Å². The second-order valence-corrected chi connectivity index (χ2v) is 9.44. The molecule has 1 fully saturated rings. The number of hydrogen-bond acceptors (Lipinski definition) is 5. The van der Waals surface area contributed by atoms with Crippen molar-refractivity contribution in [2.45, 2.75) is 45.3 Å². The Morgan fingerprint density at radius 3 is 2.54 bits per heavy atom. The first kappa shape index (κ1) is 27.4. The predicted molar refractivity (Wildman–Crippen MR) is 145 cm³/mol. The Labute approximate surface area is 224 Å². The highest BCUT2D eigenvalue weighted by atomic mass is 19.4. The number of aromatic nitrogens is 2. The molecule has 3 aromatic rings. The van der Waals surface area contributed by atoms with Crippen LogP contribution < -0.4 is 22.1 Å². The fourth-order valence-corrected chi connectivity index (χ4v) is 3.86. The zero-order valence-electron chi connectivity index (χ0n) is 21.6. The minimum Gasteiger partial charge on any atom is -0.392 e. The zero-order valence-corrected chi connectivity index (χ0v) is 21.6. The Kier molecular flexibility index (Phi) is 8.00. The van der Waals surface area contributed by atoms with Gasteiger partial charge in [0, 0.05) is 34.7 Å². The van der Waals surface area contributed by atoms with Gasteiger partial charge in [-0.25, -0.2) is 4.98 Å². The second kappa shape index (κ2) is 11.4. The normalized spacial score (nSPS) is 14.3. The van der Waals surface area contributed by atoms with Crippen LogP contribution in [0.15, 0.2) is 72.6 Å². The molecule has 0 bridgehead atoms. The van der Waals surface area contributed by atoms with Crippen LogP contribution in [0.3, 0.4) is 0 Å². The molecule has 0 saturated heterocycles. The molecule has 1 aliphatic carbocycles. The van der Waals surface area contributed by atoms with E-state index < -0.39 is 17.6 Å². The van der Waals surface area contributed by atoms with Gasteiger partial charge < -0.3 is 26.7 Å². The molecule has 1 aliphatic rings. The van der Waals surface area contributed by atoms with E-state index in [1.165, 1.54) is 23.4 Å². The molecule has 1 aromatic heterocycles. The predicted octanol–water partition coefficient (Wildman–Crippen LogP) is 4.90. The minimum absolute atomic E-state index is 0.00329. The maximum Gasteiger partial charge on any atom is 0.416 e. The minimum atomic E-state index is -4.60. The van der Waals surface area contributed by atoms with E-state index in [0.717, 1.165) is 30.5 Å². The highest BCUT2D eigenvalue weighted by Gasteiger charge is 2.31. The Bertz CT molecular complexity index is 1500. The van der Waals surface area contributed by atoms with Crippen molar-refractivity contribution in [3.8, 4) is 17.5 Å². The number of carbonyl (C=O) groups excluding carboxylic acids is 1. The van der Waals surface area contributed by atoms with E-state index in [1.807, 2.05) is 6.92 Å². The number of nitrogens with two attached hydrogens (primary N) is 2. The lowest BCUT2D eigenvalue weighted by Gasteiger charge is -2.27. The van der Waals surface area contributed by atoms with Gasteiger partial charge >= 0.3 is 6.18 Å². The number of nitrogens with zero attached hydrogens (tertiary/aromatic N) is 2. The van der Waals surface area contributed by atoms with Crippen LogP contribution in [0.1, 0.15) is 52.0 Å². The maximum absolute atomic E-state index is 13.6. The van der Waals surface area contributed by atoms with Gasteiger partial charge in [0.1, 0.15) is 0 Å².